The maximum Gasteiger partial charge on any atom is 0.226 e. The first kappa shape index (κ1) is 15.9. The lowest BCUT2D eigenvalue weighted by Gasteiger charge is -2.31. The molecule has 1 aromatic rings. The van der Waals surface area contributed by atoms with Crippen LogP contribution in [-0.4, -0.2) is 47.4 Å². The van der Waals surface area contributed by atoms with Crippen LogP contribution < -0.4 is 0 Å². The molecular weight excluding hydrogens is 278 g/mol. The topological polar surface area (TPSA) is 51.4 Å². The van der Waals surface area contributed by atoms with Crippen LogP contribution in [0.15, 0.2) is 4.52 Å². The van der Waals surface area contributed by atoms with Crippen LogP contribution >= 0.6 is 0 Å². The summed E-state index contributed by atoms with van der Waals surface area (Å²) in [5.41, 5.74) is 0. The molecule has 0 unspecified atom stereocenters. The van der Waals surface area contributed by atoms with E-state index in [0.29, 0.717) is 18.6 Å². The molecule has 0 N–H and O–H groups in total. The number of piperidine rings is 1. The predicted molar refractivity (Wildman–Crippen MR) is 84.7 cm³/mol. The summed E-state index contributed by atoms with van der Waals surface area (Å²) in [6.07, 6.45) is 7.24. The standard InChI is InChI=1S/C17H29N3O2/c1-13(2)11-17-18-16(19-22-17)7-10-21-15-5-8-20(9-6-15)12-14-3-4-14/h13-15H,3-12H2,1-2H3. The van der Waals surface area contributed by atoms with Crippen molar-refractivity contribution in [3.63, 3.8) is 0 Å². The lowest BCUT2D eigenvalue weighted by Crippen LogP contribution is -2.38. The molecule has 0 spiro atoms. The van der Waals surface area contributed by atoms with Gasteiger partial charge in [0, 0.05) is 32.5 Å². The highest BCUT2D eigenvalue weighted by molar-refractivity contribution is 4.87. The minimum absolute atomic E-state index is 0.414. The van der Waals surface area contributed by atoms with Gasteiger partial charge in [0.15, 0.2) is 5.82 Å². The van der Waals surface area contributed by atoms with Crippen molar-refractivity contribution in [3.8, 4) is 0 Å². The molecule has 1 saturated carbocycles. The van der Waals surface area contributed by atoms with Crippen molar-refractivity contribution in [2.24, 2.45) is 11.8 Å². The minimum atomic E-state index is 0.414. The van der Waals surface area contributed by atoms with E-state index in [-0.39, 0.29) is 0 Å². The number of rotatable bonds is 8. The van der Waals surface area contributed by atoms with Crippen LogP contribution in [0.1, 0.15) is 51.2 Å². The van der Waals surface area contributed by atoms with E-state index in [1.165, 1.54) is 32.5 Å². The number of hydrogen-bond donors (Lipinski definition) is 0. The molecule has 0 aromatic carbocycles. The van der Waals surface area contributed by atoms with Crippen molar-refractivity contribution in [2.75, 3.05) is 26.2 Å². The maximum atomic E-state index is 6.00. The molecule has 0 bridgehead atoms. The first-order valence-electron chi connectivity index (χ1n) is 8.84. The largest absolute Gasteiger partial charge is 0.378 e. The molecule has 2 aliphatic rings. The van der Waals surface area contributed by atoms with Gasteiger partial charge >= 0.3 is 0 Å². The summed E-state index contributed by atoms with van der Waals surface area (Å²) >= 11 is 0. The van der Waals surface area contributed by atoms with E-state index in [2.05, 4.69) is 28.9 Å². The molecule has 1 aliphatic carbocycles. The van der Waals surface area contributed by atoms with Gasteiger partial charge in [-0.15, -0.1) is 0 Å². The van der Waals surface area contributed by atoms with Crippen molar-refractivity contribution in [3.05, 3.63) is 11.7 Å². The summed E-state index contributed by atoms with van der Waals surface area (Å²) in [7, 11) is 0. The first-order chi connectivity index (χ1) is 10.7. The van der Waals surface area contributed by atoms with Crippen molar-refractivity contribution >= 4 is 0 Å². The fraction of sp³-hybridized carbons (Fsp3) is 0.882. The Balaban J connectivity index is 1.30. The smallest absolute Gasteiger partial charge is 0.226 e. The maximum absolute atomic E-state index is 6.00. The van der Waals surface area contributed by atoms with Crippen LogP contribution in [0.3, 0.4) is 0 Å². The average Bonchev–Trinajstić information content (AvgIpc) is 3.19. The van der Waals surface area contributed by atoms with Crippen LogP contribution in [0.2, 0.25) is 0 Å². The molecule has 5 heteroatoms. The highest BCUT2D eigenvalue weighted by Crippen LogP contribution is 2.30. The first-order valence-corrected chi connectivity index (χ1v) is 8.84. The molecule has 2 fully saturated rings. The highest BCUT2D eigenvalue weighted by Gasteiger charge is 2.27. The molecular formula is C17H29N3O2. The van der Waals surface area contributed by atoms with Crippen molar-refractivity contribution < 1.29 is 9.26 Å². The molecule has 0 amide bonds. The summed E-state index contributed by atoms with van der Waals surface area (Å²) in [4.78, 5) is 7.02. The fourth-order valence-corrected chi connectivity index (χ4v) is 3.06. The van der Waals surface area contributed by atoms with Gasteiger partial charge < -0.3 is 14.2 Å². The zero-order valence-electron chi connectivity index (χ0n) is 14.0. The second-order valence-corrected chi connectivity index (χ2v) is 7.27. The van der Waals surface area contributed by atoms with Crippen LogP contribution in [-0.2, 0) is 17.6 Å². The summed E-state index contributed by atoms with van der Waals surface area (Å²) < 4.78 is 11.2. The molecule has 1 aromatic heterocycles. The Kier molecular flexibility index (Phi) is 5.47. The lowest BCUT2D eigenvalue weighted by atomic mass is 10.1. The second kappa shape index (κ2) is 7.55. The Bertz CT molecular complexity index is 449. The zero-order valence-corrected chi connectivity index (χ0v) is 14.0. The van der Waals surface area contributed by atoms with Crippen molar-refractivity contribution in [2.45, 2.75) is 58.5 Å². The van der Waals surface area contributed by atoms with E-state index in [9.17, 15) is 0 Å². The summed E-state index contributed by atoms with van der Waals surface area (Å²) in [6.45, 7) is 8.72. The van der Waals surface area contributed by atoms with Crippen LogP contribution in [0.5, 0.6) is 0 Å². The molecule has 1 saturated heterocycles. The van der Waals surface area contributed by atoms with Gasteiger partial charge in [-0.1, -0.05) is 19.0 Å². The second-order valence-electron chi connectivity index (χ2n) is 7.27. The summed E-state index contributed by atoms with van der Waals surface area (Å²) in [5.74, 6) is 3.07. The van der Waals surface area contributed by atoms with Gasteiger partial charge in [0.25, 0.3) is 0 Å². The fourth-order valence-electron chi connectivity index (χ4n) is 3.06. The quantitative estimate of drug-likeness (QED) is 0.739. The van der Waals surface area contributed by atoms with Gasteiger partial charge in [0.2, 0.25) is 5.89 Å². The van der Waals surface area contributed by atoms with Gasteiger partial charge in [-0.2, -0.15) is 4.98 Å². The molecule has 0 atom stereocenters. The third-order valence-electron chi connectivity index (χ3n) is 4.52. The number of likely N-dealkylation sites (tertiary alicyclic amines) is 1. The van der Waals surface area contributed by atoms with Gasteiger partial charge in [0.1, 0.15) is 0 Å². The predicted octanol–water partition coefficient (Wildman–Crippen LogP) is 2.70. The van der Waals surface area contributed by atoms with Gasteiger partial charge in [-0.3, -0.25) is 0 Å². The molecule has 1 aliphatic heterocycles. The Labute approximate surface area is 133 Å². The van der Waals surface area contributed by atoms with E-state index in [1.54, 1.807) is 0 Å². The number of nitrogens with zero attached hydrogens (tertiary/aromatic N) is 3. The van der Waals surface area contributed by atoms with E-state index >= 15 is 0 Å². The van der Waals surface area contributed by atoms with Crippen molar-refractivity contribution in [1.29, 1.82) is 0 Å². The SMILES string of the molecule is CC(C)Cc1nc(CCOC2CCN(CC3CC3)CC2)no1. The number of aromatic nitrogens is 2. The van der Waals surface area contributed by atoms with E-state index in [0.717, 1.165) is 43.3 Å². The molecule has 3 rings (SSSR count). The van der Waals surface area contributed by atoms with Crippen molar-refractivity contribution in [1.82, 2.24) is 15.0 Å². The Morgan fingerprint density at radius 2 is 2.00 bits per heavy atom. The normalized spacial score (nSPS) is 20.9. The van der Waals surface area contributed by atoms with E-state index in [1.807, 2.05) is 0 Å². The molecule has 22 heavy (non-hydrogen) atoms. The van der Waals surface area contributed by atoms with Crippen LogP contribution in [0.25, 0.3) is 0 Å². The van der Waals surface area contributed by atoms with E-state index < -0.39 is 0 Å². The zero-order chi connectivity index (χ0) is 15.4. The van der Waals surface area contributed by atoms with Gasteiger partial charge in [-0.25, -0.2) is 0 Å². The summed E-state index contributed by atoms with van der Waals surface area (Å²) in [6, 6.07) is 0. The molecule has 5 nitrogen and oxygen atoms in total. The lowest BCUT2D eigenvalue weighted by molar-refractivity contribution is 0.00757. The van der Waals surface area contributed by atoms with Crippen LogP contribution in [0.4, 0.5) is 0 Å². The third-order valence-corrected chi connectivity index (χ3v) is 4.52. The molecule has 0 radical (unpaired) electrons. The Morgan fingerprint density at radius 1 is 1.23 bits per heavy atom. The molecule has 124 valence electrons. The number of ether oxygens (including phenoxy) is 1. The van der Waals surface area contributed by atoms with Crippen LogP contribution in [0, 0.1) is 11.8 Å². The Hall–Kier alpha value is -0.940. The highest BCUT2D eigenvalue weighted by atomic mass is 16.5. The van der Waals surface area contributed by atoms with Gasteiger partial charge in [0.05, 0.1) is 12.7 Å². The van der Waals surface area contributed by atoms with Gasteiger partial charge in [-0.05, 0) is 37.5 Å². The molecule has 2 heterocycles. The number of hydrogen-bond acceptors (Lipinski definition) is 5. The minimum Gasteiger partial charge on any atom is -0.378 e. The monoisotopic (exact) mass is 307 g/mol. The summed E-state index contributed by atoms with van der Waals surface area (Å²) in [5, 5.41) is 4.03. The van der Waals surface area contributed by atoms with E-state index in [4.69, 9.17) is 9.26 Å². The third kappa shape index (κ3) is 5.06. The average molecular weight is 307 g/mol. The Morgan fingerprint density at radius 3 is 2.68 bits per heavy atom.